The Morgan fingerprint density at radius 2 is 1.91 bits per heavy atom. The molecule has 0 aliphatic heterocycles. The van der Waals surface area contributed by atoms with Crippen LogP contribution >= 0.6 is 21.6 Å². The summed E-state index contributed by atoms with van der Waals surface area (Å²) in [6.07, 6.45) is 1.96. The molecule has 0 saturated heterocycles. The van der Waals surface area contributed by atoms with E-state index in [1.165, 1.54) is 10.8 Å². The first-order valence-electron chi connectivity index (χ1n) is 11.4. The number of benzene rings is 1. The number of rotatable bonds is 17. The summed E-state index contributed by atoms with van der Waals surface area (Å²) in [7, 11) is 3.09. The molecule has 2 amide bonds. The van der Waals surface area contributed by atoms with Crippen molar-refractivity contribution in [2.45, 2.75) is 26.2 Å². The zero-order chi connectivity index (χ0) is 25.9. The quantitative estimate of drug-likeness (QED) is 0.124. The van der Waals surface area contributed by atoms with Crippen LogP contribution in [0.25, 0.3) is 0 Å². The summed E-state index contributed by atoms with van der Waals surface area (Å²) in [4.78, 5) is 24.1. The molecule has 1 atom stereocenters. The maximum absolute atomic E-state index is 12.3. The fourth-order valence-electron chi connectivity index (χ4n) is 2.51. The van der Waals surface area contributed by atoms with Crippen molar-refractivity contribution in [3.8, 4) is 17.6 Å². The molecule has 0 aliphatic rings. The molecule has 10 heteroatoms. The zero-order valence-electron chi connectivity index (χ0n) is 21.0. The summed E-state index contributed by atoms with van der Waals surface area (Å²) in [5.74, 6) is 6.35. The number of allylic oxidation sites excluding steroid dienone is 1. The molecule has 8 nitrogen and oxygen atoms in total. The molecule has 0 spiro atoms. The lowest BCUT2D eigenvalue weighted by molar-refractivity contribution is -0.126. The minimum Gasteiger partial charge on any atom is -0.490 e. The van der Waals surface area contributed by atoms with Crippen molar-refractivity contribution in [2.24, 2.45) is 5.92 Å². The van der Waals surface area contributed by atoms with Gasteiger partial charge in [-0.2, -0.15) is 0 Å². The highest BCUT2D eigenvalue weighted by Crippen LogP contribution is 2.25. The van der Waals surface area contributed by atoms with Crippen molar-refractivity contribution >= 4 is 33.4 Å². The number of hydrogen-bond donors (Lipinski definition) is 3. The van der Waals surface area contributed by atoms with Gasteiger partial charge in [0.05, 0.1) is 19.8 Å². The molecule has 1 aromatic rings. The molecule has 35 heavy (non-hydrogen) atoms. The van der Waals surface area contributed by atoms with Crippen LogP contribution in [0.5, 0.6) is 5.75 Å². The van der Waals surface area contributed by atoms with Gasteiger partial charge in [0.1, 0.15) is 24.4 Å². The van der Waals surface area contributed by atoms with E-state index >= 15 is 0 Å². The number of carbonyl (C=O) groups excluding carboxylic acids is 2. The number of carbonyl (C=O) groups is 2. The van der Waals surface area contributed by atoms with Gasteiger partial charge in [0.15, 0.2) is 0 Å². The van der Waals surface area contributed by atoms with Gasteiger partial charge in [-0.15, -0.1) is 0 Å². The second-order valence-electron chi connectivity index (χ2n) is 7.67. The molecule has 0 aromatic heterocycles. The van der Waals surface area contributed by atoms with Crippen LogP contribution in [0.15, 0.2) is 36.5 Å². The van der Waals surface area contributed by atoms with Gasteiger partial charge in [0, 0.05) is 30.3 Å². The maximum Gasteiger partial charge on any atom is 0.251 e. The third kappa shape index (κ3) is 16.1. The van der Waals surface area contributed by atoms with Gasteiger partial charge in [0.25, 0.3) is 5.91 Å². The number of amides is 2. The Balaban J connectivity index is 2.34. The second kappa shape index (κ2) is 18.9. The SMILES string of the molecule is C=C(C)NCCNC(=O)c1cccc(OC[C@@H](OCCOCC(=O)NCC#CC(C)C)SSC)c1. The Kier molecular flexibility index (Phi) is 16.6. The molecule has 0 fully saturated rings. The Morgan fingerprint density at radius 3 is 2.63 bits per heavy atom. The van der Waals surface area contributed by atoms with Crippen LogP contribution < -0.4 is 20.7 Å². The predicted molar refractivity (Wildman–Crippen MR) is 144 cm³/mol. The summed E-state index contributed by atoms with van der Waals surface area (Å²) in [6.45, 7) is 11.9. The average Bonchev–Trinajstić information content (AvgIpc) is 2.82. The molecule has 3 N–H and O–H groups in total. The molecule has 0 saturated carbocycles. The maximum atomic E-state index is 12.3. The van der Waals surface area contributed by atoms with Gasteiger partial charge < -0.3 is 30.2 Å². The van der Waals surface area contributed by atoms with Gasteiger partial charge in [-0.25, -0.2) is 0 Å². The minimum absolute atomic E-state index is 0.0400. The number of nitrogens with one attached hydrogen (secondary N) is 3. The highest BCUT2D eigenvalue weighted by Gasteiger charge is 2.12. The molecule has 1 aromatic carbocycles. The second-order valence-corrected chi connectivity index (χ2v) is 10.3. The Hall–Kier alpha value is -2.32. The van der Waals surface area contributed by atoms with Crippen LogP contribution in [-0.2, 0) is 14.3 Å². The van der Waals surface area contributed by atoms with Gasteiger partial charge >= 0.3 is 0 Å². The van der Waals surface area contributed by atoms with Crippen molar-refractivity contribution in [1.82, 2.24) is 16.0 Å². The van der Waals surface area contributed by atoms with E-state index in [1.54, 1.807) is 35.1 Å². The third-order valence-electron chi connectivity index (χ3n) is 4.05. The topological polar surface area (TPSA) is 97.9 Å². The van der Waals surface area contributed by atoms with Crippen LogP contribution in [0.2, 0.25) is 0 Å². The van der Waals surface area contributed by atoms with Crippen molar-refractivity contribution in [3.05, 3.63) is 42.1 Å². The Bertz CT molecular complexity index is 855. The minimum atomic E-state index is -0.237. The van der Waals surface area contributed by atoms with Crippen molar-refractivity contribution < 1.29 is 23.8 Å². The fraction of sp³-hybridized carbons (Fsp3) is 0.520. The lowest BCUT2D eigenvalue weighted by Crippen LogP contribution is -2.31. The first-order chi connectivity index (χ1) is 16.8. The van der Waals surface area contributed by atoms with Gasteiger partial charge in [0.2, 0.25) is 5.91 Å². The smallest absolute Gasteiger partial charge is 0.251 e. The van der Waals surface area contributed by atoms with Gasteiger partial charge in [-0.1, -0.05) is 59.9 Å². The first-order valence-corrected chi connectivity index (χ1v) is 14.0. The zero-order valence-corrected chi connectivity index (χ0v) is 22.6. The fourth-order valence-corrected chi connectivity index (χ4v) is 3.98. The van der Waals surface area contributed by atoms with E-state index in [9.17, 15) is 9.59 Å². The largest absolute Gasteiger partial charge is 0.490 e. The predicted octanol–water partition coefficient (Wildman–Crippen LogP) is 3.06. The number of ether oxygens (including phenoxy) is 3. The van der Waals surface area contributed by atoms with Crippen LogP contribution in [0.3, 0.4) is 0 Å². The van der Waals surface area contributed by atoms with Crippen molar-refractivity contribution in [2.75, 3.05) is 52.3 Å². The van der Waals surface area contributed by atoms with E-state index in [-0.39, 0.29) is 36.4 Å². The summed E-state index contributed by atoms with van der Waals surface area (Å²) in [5, 5.41) is 8.61. The van der Waals surface area contributed by atoms with Crippen molar-refractivity contribution in [1.29, 1.82) is 0 Å². The van der Waals surface area contributed by atoms with Crippen LogP contribution in [0.1, 0.15) is 31.1 Å². The summed E-state index contributed by atoms with van der Waals surface area (Å²) in [5.41, 5.74) is 1.14. The Morgan fingerprint density at radius 1 is 1.14 bits per heavy atom. The van der Waals surface area contributed by atoms with Gasteiger partial charge in [-0.3, -0.25) is 9.59 Å². The molecule has 0 aliphatic carbocycles. The molecule has 1 rings (SSSR count). The first kappa shape index (κ1) is 30.7. The Labute approximate surface area is 217 Å². The standard InChI is InChI=1S/C25H37N3O5S2/c1-19(2)8-7-11-27-23(29)17-31-14-15-32-24(35-34-5)18-33-22-10-6-9-21(16-22)25(30)28-13-12-26-20(3)4/h6,9-10,16,19,24,26H,3,11-15,17-18H2,1-2,4-5H3,(H,27,29)(H,28,30)/t24-/m0/s1. The van der Waals surface area contributed by atoms with E-state index in [0.717, 1.165) is 5.70 Å². The highest BCUT2D eigenvalue weighted by atomic mass is 33.1. The van der Waals surface area contributed by atoms with E-state index in [4.69, 9.17) is 14.2 Å². The normalized spacial score (nSPS) is 11.2. The van der Waals surface area contributed by atoms with Crippen molar-refractivity contribution in [3.63, 3.8) is 0 Å². The van der Waals surface area contributed by atoms with E-state index in [0.29, 0.717) is 44.2 Å². The monoisotopic (exact) mass is 523 g/mol. The van der Waals surface area contributed by atoms with E-state index in [2.05, 4.69) is 34.4 Å². The molecule has 0 heterocycles. The van der Waals surface area contributed by atoms with E-state index in [1.807, 2.05) is 27.0 Å². The summed E-state index contributed by atoms with van der Waals surface area (Å²) in [6, 6.07) is 7.02. The molecule has 0 radical (unpaired) electrons. The lowest BCUT2D eigenvalue weighted by Gasteiger charge is -2.17. The van der Waals surface area contributed by atoms with Crippen LogP contribution in [-0.4, -0.2) is 69.6 Å². The molecule has 0 unspecified atom stereocenters. The van der Waals surface area contributed by atoms with Gasteiger partial charge in [-0.05, 0) is 31.4 Å². The summed E-state index contributed by atoms with van der Waals surface area (Å²) >= 11 is 0. The lowest BCUT2D eigenvalue weighted by atomic mass is 10.2. The van der Waals surface area contributed by atoms with Crippen LogP contribution in [0, 0.1) is 17.8 Å². The molecular weight excluding hydrogens is 486 g/mol. The molecule has 194 valence electrons. The average molecular weight is 524 g/mol. The highest BCUT2D eigenvalue weighted by molar-refractivity contribution is 8.76. The summed E-state index contributed by atoms with van der Waals surface area (Å²) < 4.78 is 17.0. The number of hydrogen-bond acceptors (Lipinski definition) is 8. The van der Waals surface area contributed by atoms with E-state index < -0.39 is 0 Å². The van der Waals surface area contributed by atoms with Crippen LogP contribution in [0.4, 0.5) is 0 Å². The molecular formula is C25H37N3O5S2. The third-order valence-corrected chi connectivity index (χ3v) is 5.95. The molecule has 0 bridgehead atoms.